The van der Waals surface area contributed by atoms with E-state index in [1.54, 1.807) is 20.8 Å². The van der Waals surface area contributed by atoms with E-state index in [0.29, 0.717) is 17.5 Å². The normalized spacial score (nSPS) is 11.4. The number of H-pyrrole nitrogens is 1. The maximum atomic E-state index is 12.7. The molecule has 0 saturated heterocycles. The molecule has 1 N–H and O–H groups in total. The highest BCUT2D eigenvalue weighted by Gasteiger charge is 2.32. The van der Waals surface area contributed by atoms with E-state index in [4.69, 9.17) is 21.1 Å². The molecule has 0 spiro atoms. The zero-order chi connectivity index (χ0) is 21.8. The SMILES string of the molecule is CCOC(=O)c1[nH]c(CSc2ncc(C(F)(F)F)cc2Cl)c(C(=O)OCC)c1C. The quantitative estimate of drug-likeness (QED) is 0.470. The monoisotopic (exact) mass is 450 g/mol. The summed E-state index contributed by atoms with van der Waals surface area (Å²) in [6.07, 6.45) is -3.87. The van der Waals surface area contributed by atoms with Crippen molar-refractivity contribution in [3.63, 3.8) is 0 Å². The summed E-state index contributed by atoms with van der Waals surface area (Å²) in [5.41, 5.74) is 0.0394. The van der Waals surface area contributed by atoms with Crippen LogP contribution in [0.15, 0.2) is 17.3 Å². The number of aromatic nitrogens is 2. The number of carbonyl (C=O) groups is 2. The van der Waals surface area contributed by atoms with Gasteiger partial charge in [-0.3, -0.25) is 0 Å². The Bertz CT molecular complexity index is 915. The van der Waals surface area contributed by atoms with Crippen LogP contribution in [0.5, 0.6) is 0 Å². The van der Waals surface area contributed by atoms with E-state index < -0.39 is 23.7 Å². The number of alkyl halides is 3. The fourth-order valence-electron chi connectivity index (χ4n) is 2.48. The van der Waals surface area contributed by atoms with Crippen LogP contribution in [0.3, 0.4) is 0 Å². The fraction of sp³-hybridized carbons (Fsp3) is 0.389. The van der Waals surface area contributed by atoms with Crippen LogP contribution in [0.4, 0.5) is 13.2 Å². The zero-order valence-electron chi connectivity index (χ0n) is 15.8. The molecule has 0 aliphatic rings. The van der Waals surface area contributed by atoms with E-state index >= 15 is 0 Å². The van der Waals surface area contributed by atoms with Crippen molar-refractivity contribution in [2.75, 3.05) is 13.2 Å². The molecule has 29 heavy (non-hydrogen) atoms. The van der Waals surface area contributed by atoms with E-state index in [2.05, 4.69) is 9.97 Å². The fourth-order valence-corrected chi connectivity index (χ4v) is 3.63. The minimum Gasteiger partial charge on any atom is -0.462 e. The van der Waals surface area contributed by atoms with Gasteiger partial charge in [-0.15, -0.1) is 0 Å². The summed E-state index contributed by atoms with van der Waals surface area (Å²) in [6, 6.07) is 0.785. The van der Waals surface area contributed by atoms with Gasteiger partial charge in [0.25, 0.3) is 0 Å². The first-order valence-corrected chi connectivity index (χ1v) is 9.87. The molecule has 6 nitrogen and oxygen atoms in total. The van der Waals surface area contributed by atoms with Crippen LogP contribution in [-0.2, 0) is 21.4 Å². The largest absolute Gasteiger partial charge is 0.462 e. The second-order valence-electron chi connectivity index (χ2n) is 5.72. The van der Waals surface area contributed by atoms with Crippen molar-refractivity contribution < 1.29 is 32.2 Å². The number of carbonyl (C=O) groups excluding carboxylic acids is 2. The number of rotatable bonds is 7. The van der Waals surface area contributed by atoms with Crippen LogP contribution >= 0.6 is 23.4 Å². The molecule has 2 heterocycles. The molecule has 2 rings (SSSR count). The van der Waals surface area contributed by atoms with E-state index in [9.17, 15) is 22.8 Å². The van der Waals surface area contributed by atoms with Gasteiger partial charge in [-0.25, -0.2) is 14.6 Å². The lowest BCUT2D eigenvalue weighted by molar-refractivity contribution is -0.137. The molecular weight excluding hydrogens is 433 g/mol. The molecule has 0 radical (unpaired) electrons. The van der Waals surface area contributed by atoms with Crippen LogP contribution in [0, 0.1) is 6.92 Å². The zero-order valence-corrected chi connectivity index (χ0v) is 17.3. The van der Waals surface area contributed by atoms with Crippen molar-refractivity contribution >= 4 is 35.3 Å². The Kier molecular flexibility index (Phi) is 7.59. The third kappa shape index (κ3) is 5.45. The maximum absolute atomic E-state index is 12.7. The predicted octanol–water partition coefficient (Wildman–Crippen LogP) is 5.04. The second kappa shape index (κ2) is 9.53. The van der Waals surface area contributed by atoms with Crippen molar-refractivity contribution in [1.82, 2.24) is 9.97 Å². The van der Waals surface area contributed by atoms with Crippen LogP contribution in [-0.4, -0.2) is 35.1 Å². The number of halogens is 4. The molecule has 158 valence electrons. The van der Waals surface area contributed by atoms with Crippen LogP contribution < -0.4 is 0 Å². The summed E-state index contributed by atoms with van der Waals surface area (Å²) in [5.74, 6) is -1.16. The Hall–Kier alpha value is -2.20. The molecule has 0 atom stereocenters. The van der Waals surface area contributed by atoms with Gasteiger partial charge in [0.15, 0.2) is 0 Å². The third-order valence-corrected chi connectivity index (χ3v) is 5.21. The molecule has 0 amide bonds. The number of aromatic amines is 1. The van der Waals surface area contributed by atoms with Gasteiger partial charge in [-0.05, 0) is 32.4 Å². The maximum Gasteiger partial charge on any atom is 0.417 e. The van der Waals surface area contributed by atoms with Gasteiger partial charge in [0.2, 0.25) is 0 Å². The highest BCUT2D eigenvalue weighted by Crippen LogP contribution is 2.35. The molecule has 2 aromatic heterocycles. The topological polar surface area (TPSA) is 81.3 Å². The number of nitrogens with zero attached hydrogens (tertiary/aromatic N) is 1. The minimum atomic E-state index is -4.55. The van der Waals surface area contributed by atoms with Gasteiger partial charge in [0, 0.05) is 17.6 Å². The average Bonchev–Trinajstić information content (AvgIpc) is 2.96. The summed E-state index contributed by atoms with van der Waals surface area (Å²) in [5, 5.41) is -0.0178. The van der Waals surface area contributed by atoms with Gasteiger partial charge in [0.1, 0.15) is 10.7 Å². The number of nitrogens with one attached hydrogen (secondary N) is 1. The lowest BCUT2D eigenvalue weighted by atomic mass is 10.1. The molecule has 0 saturated carbocycles. The Morgan fingerprint density at radius 2 is 1.83 bits per heavy atom. The number of pyridine rings is 1. The van der Waals surface area contributed by atoms with Gasteiger partial charge < -0.3 is 14.5 Å². The van der Waals surface area contributed by atoms with Gasteiger partial charge in [0.05, 0.1) is 29.4 Å². The van der Waals surface area contributed by atoms with Crippen molar-refractivity contribution in [1.29, 1.82) is 0 Å². The number of hydrogen-bond donors (Lipinski definition) is 1. The molecule has 0 aliphatic heterocycles. The molecule has 0 fully saturated rings. The number of esters is 2. The summed E-state index contributed by atoms with van der Waals surface area (Å²) >= 11 is 6.94. The highest BCUT2D eigenvalue weighted by molar-refractivity contribution is 7.98. The Balaban J connectivity index is 2.33. The lowest BCUT2D eigenvalue weighted by Crippen LogP contribution is -2.09. The second-order valence-corrected chi connectivity index (χ2v) is 7.09. The first kappa shape index (κ1) is 23.1. The van der Waals surface area contributed by atoms with E-state index in [1.165, 1.54) is 0 Å². The molecule has 0 aliphatic carbocycles. The molecule has 2 aromatic rings. The molecule has 0 bridgehead atoms. The first-order valence-electron chi connectivity index (χ1n) is 8.51. The van der Waals surface area contributed by atoms with Crippen molar-refractivity contribution in [2.45, 2.75) is 37.7 Å². The van der Waals surface area contributed by atoms with Crippen molar-refractivity contribution in [3.05, 3.63) is 45.4 Å². The summed E-state index contributed by atoms with van der Waals surface area (Å²) in [4.78, 5) is 31.1. The van der Waals surface area contributed by atoms with Crippen LogP contribution in [0.25, 0.3) is 0 Å². The van der Waals surface area contributed by atoms with Crippen LogP contribution in [0.2, 0.25) is 5.02 Å². The summed E-state index contributed by atoms with van der Waals surface area (Å²) < 4.78 is 48.3. The first-order chi connectivity index (χ1) is 13.6. The van der Waals surface area contributed by atoms with Gasteiger partial charge >= 0.3 is 18.1 Å². The summed E-state index contributed by atoms with van der Waals surface area (Å²) in [6.45, 7) is 5.16. The average molecular weight is 451 g/mol. The Morgan fingerprint density at radius 1 is 1.21 bits per heavy atom. The van der Waals surface area contributed by atoms with E-state index in [-0.39, 0.29) is 40.3 Å². The summed E-state index contributed by atoms with van der Waals surface area (Å²) in [7, 11) is 0. The molecule has 11 heteroatoms. The Labute approximate surface area is 174 Å². The highest BCUT2D eigenvalue weighted by atomic mass is 35.5. The van der Waals surface area contributed by atoms with Crippen LogP contribution in [0.1, 0.15) is 51.5 Å². The third-order valence-electron chi connectivity index (χ3n) is 3.77. The number of ether oxygens (including phenoxy) is 2. The van der Waals surface area contributed by atoms with E-state index in [0.717, 1.165) is 17.8 Å². The molecule has 0 unspecified atom stereocenters. The predicted molar refractivity (Wildman–Crippen MR) is 101 cm³/mol. The Morgan fingerprint density at radius 3 is 2.38 bits per heavy atom. The lowest BCUT2D eigenvalue weighted by Gasteiger charge is -2.09. The van der Waals surface area contributed by atoms with Crippen molar-refractivity contribution in [2.24, 2.45) is 0 Å². The van der Waals surface area contributed by atoms with Crippen molar-refractivity contribution in [3.8, 4) is 0 Å². The minimum absolute atomic E-state index is 0.0898. The number of thioether (sulfide) groups is 1. The van der Waals surface area contributed by atoms with Gasteiger partial charge in [-0.2, -0.15) is 13.2 Å². The standard InChI is InChI=1S/C18H18ClF3N2O4S/c1-4-27-16(25)13-9(3)14(17(26)28-5-2)24-12(13)8-29-15-11(19)6-10(7-23-15)18(20,21)22/h6-7,24H,4-5,8H2,1-3H3. The molecule has 0 aromatic carbocycles. The number of hydrogen-bond acceptors (Lipinski definition) is 6. The van der Waals surface area contributed by atoms with Gasteiger partial charge in [-0.1, -0.05) is 23.4 Å². The smallest absolute Gasteiger partial charge is 0.417 e. The molecular formula is C18H18ClF3N2O4S. The van der Waals surface area contributed by atoms with E-state index in [1.807, 2.05) is 0 Å².